The molecule has 0 aliphatic heterocycles. The first-order valence-corrected chi connectivity index (χ1v) is 5.75. The van der Waals surface area contributed by atoms with E-state index < -0.39 is 16.1 Å². The number of nitrogens with two attached hydrogens (primary N) is 1. The van der Waals surface area contributed by atoms with Gasteiger partial charge < -0.3 is 16.2 Å². The lowest BCUT2D eigenvalue weighted by molar-refractivity contribution is -0.385. The highest BCUT2D eigenvalue weighted by molar-refractivity contribution is 5.61. The second-order valence-corrected chi connectivity index (χ2v) is 5.43. The average molecular weight is 269 g/mol. The van der Waals surface area contributed by atoms with Crippen LogP contribution in [-0.2, 0) is 0 Å². The molecule has 1 heterocycles. The number of hydrogen-bond donors (Lipinski definition) is 3. The molecule has 106 valence electrons. The molecule has 0 saturated heterocycles. The molecule has 8 heteroatoms. The maximum absolute atomic E-state index is 11.1. The van der Waals surface area contributed by atoms with Crippen molar-refractivity contribution in [2.45, 2.75) is 45.8 Å². The highest BCUT2D eigenvalue weighted by atomic mass is 16.6. The summed E-state index contributed by atoms with van der Waals surface area (Å²) in [7, 11) is 0. The van der Waals surface area contributed by atoms with E-state index in [9.17, 15) is 15.2 Å². The van der Waals surface area contributed by atoms with Crippen molar-refractivity contribution in [1.29, 1.82) is 0 Å². The quantitative estimate of drug-likeness (QED) is 0.554. The predicted molar refractivity (Wildman–Crippen MR) is 71.8 cm³/mol. The average Bonchev–Trinajstić information content (AvgIpc) is 2.12. The monoisotopic (exact) mass is 269 g/mol. The van der Waals surface area contributed by atoms with Gasteiger partial charge in [-0.2, -0.15) is 4.98 Å². The van der Waals surface area contributed by atoms with Gasteiger partial charge in [0.15, 0.2) is 0 Å². The molecule has 8 nitrogen and oxygen atoms in total. The molecule has 0 aliphatic carbocycles. The number of anilines is 2. The van der Waals surface area contributed by atoms with Gasteiger partial charge in [0.2, 0.25) is 11.8 Å². The molecule has 1 aromatic heterocycles. The van der Waals surface area contributed by atoms with Crippen LogP contribution in [0.3, 0.4) is 0 Å². The number of nitrogens with one attached hydrogen (secondary N) is 1. The third-order valence-electron chi connectivity index (χ3n) is 3.22. The maximum atomic E-state index is 11.1. The van der Waals surface area contributed by atoms with E-state index in [0.29, 0.717) is 0 Å². The van der Waals surface area contributed by atoms with Crippen LogP contribution in [0.2, 0.25) is 0 Å². The molecule has 1 aromatic rings. The fraction of sp³-hybridized carbons (Fsp3) is 0.636. The summed E-state index contributed by atoms with van der Waals surface area (Å²) in [5.74, 6) is -0.0562. The Morgan fingerprint density at radius 1 is 1.32 bits per heavy atom. The fourth-order valence-electron chi connectivity index (χ4n) is 1.34. The zero-order chi connectivity index (χ0) is 15.0. The molecule has 19 heavy (non-hydrogen) atoms. The molecule has 0 aromatic carbocycles. The third-order valence-corrected chi connectivity index (χ3v) is 3.22. The molecule has 0 atom stereocenters. The van der Waals surface area contributed by atoms with Crippen LogP contribution in [0.25, 0.3) is 0 Å². The van der Waals surface area contributed by atoms with Gasteiger partial charge in [0.25, 0.3) is 0 Å². The molecule has 0 unspecified atom stereocenters. The predicted octanol–water partition coefficient (Wildman–Crippen LogP) is 1.24. The molecule has 0 radical (unpaired) electrons. The van der Waals surface area contributed by atoms with Gasteiger partial charge in [-0.1, -0.05) is 0 Å². The largest absolute Gasteiger partial charge is 0.388 e. The van der Waals surface area contributed by atoms with Gasteiger partial charge in [-0.3, -0.25) is 10.1 Å². The van der Waals surface area contributed by atoms with Crippen LogP contribution in [-0.4, -0.2) is 31.1 Å². The summed E-state index contributed by atoms with van der Waals surface area (Å²) in [6, 6.07) is 0. The van der Waals surface area contributed by atoms with Gasteiger partial charge >= 0.3 is 5.69 Å². The molecule has 0 fully saturated rings. The Hall–Kier alpha value is -1.96. The van der Waals surface area contributed by atoms with E-state index in [0.717, 1.165) is 0 Å². The minimum Gasteiger partial charge on any atom is -0.388 e. The van der Waals surface area contributed by atoms with E-state index in [1.54, 1.807) is 27.7 Å². The van der Waals surface area contributed by atoms with Gasteiger partial charge in [-0.25, -0.2) is 4.98 Å². The standard InChI is InChI=1S/C11H19N5O3/c1-6-7(16(18)19)8(14-9(12)13-6)15-10(2,3)11(4,5)17/h17H,1-5H3,(H3,12,13,14,15). The smallest absolute Gasteiger partial charge is 0.332 e. The van der Waals surface area contributed by atoms with Crippen LogP contribution >= 0.6 is 0 Å². The molecule has 1 rings (SSSR count). The molecular weight excluding hydrogens is 250 g/mol. The van der Waals surface area contributed by atoms with Crippen molar-refractivity contribution < 1.29 is 10.0 Å². The van der Waals surface area contributed by atoms with Crippen molar-refractivity contribution in [3.05, 3.63) is 15.8 Å². The minimum absolute atomic E-state index is 0.00197. The Labute approximate surface area is 111 Å². The first-order chi connectivity index (χ1) is 8.45. The number of aliphatic hydroxyl groups is 1. The van der Waals surface area contributed by atoms with Crippen molar-refractivity contribution in [3.63, 3.8) is 0 Å². The van der Waals surface area contributed by atoms with E-state index in [1.165, 1.54) is 6.92 Å². The molecule has 0 amide bonds. The molecule has 0 bridgehead atoms. The van der Waals surface area contributed by atoms with Crippen LogP contribution in [0.4, 0.5) is 17.5 Å². The maximum Gasteiger partial charge on any atom is 0.332 e. The molecule has 0 spiro atoms. The fourth-order valence-corrected chi connectivity index (χ4v) is 1.34. The Morgan fingerprint density at radius 3 is 2.26 bits per heavy atom. The van der Waals surface area contributed by atoms with Crippen LogP contribution in [0.15, 0.2) is 0 Å². The number of nitrogen functional groups attached to an aromatic ring is 1. The summed E-state index contributed by atoms with van der Waals surface area (Å²) in [6.45, 7) is 8.11. The Bertz CT molecular complexity index is 508. The summed E-state index contributed by atoms with van der Waals surface area (Å²) in [5, 5.41) is 24.0. The van der Waals surface area contributed by atoms with Crippen LogP contribution in [0.1, 0.15) is 33.4 Å². The van der Waals surface area contributed by atoms with Crippen molar-refractivity contribution in [2.24, 2.45) is 0 Å². The van der Waals surface area contributed by atoms with Gasteiger partial charge in [0, 0.05) is 0 Å². The summed E-state index contributed by atoms with van der Waals surface area (Å²) in [6.07, 6.45) is 0. The Kier molecular flexibility index (Phi) is 3.67. The second kappa shape index (κ2) is 4.61. The SMILES string of the molecule is Cc1nc(N)nc(NC(C)(C)C(C)(C)O)c1[N+](=O)[O-]. The van der Waals surface area contributed by atoms with Crippen molar-refractivity contribution in [2.75, 3.05) is 11.1 Å². The van der Waals surface area contributed by atoms with Crippen LogP contribution in [0, 0.1) is 17.0 Å². The van der Waals surface area contributed by atoms with Crippen molar-refractivity contribution in [3.8, 4) is 0 Å². The topological polar surface area (TPSA) is 127 Å². The van der Waals surface area contributed by atoms with E-state index >= 15 is 0 Å². The lowest BCUT2D eigenvalue weighted by Gasteiger charge is -2.38. The van der Waals surface area contributed by atoms with Crippen molar-refractivity contribution in [1.82, 2.24) is 9.97 Å². The summed E-state index contributed by atoms with van der Waals surface area (Å²) < 4.78 is 0. The number of rotatable bonds is 4. The third kappa shape index (κ3) is 3.08. The summed E-state index contributed by atoms with van der Waals surface area (Å²) >= 11 is 0. The zero-order valence-corrected chi connectivity index (χ0v) is 11.7. The Morgan fingerprint density at radius 2 is 1.84 bits per heavy atom. The number of hydrogen-bond acceptors (Lipinski definition) is 7. The second-order valence-electron chi connectivity index (χ2n) is 5.43. The number of nitrogens with zero attached hydrogens (tertiary/aromatic N) is 3. The van der Waals surface area contributed by atoms with Crippen LogP contribution in [0.5, 0.6) is 0 Å². The summed E-state index contributed by atoms with van der Waals surface area (Å²) in [5.41, 5.74) is 3.48. The van der Waals surface area contributed by atoms with E-state index in [1.807, 2.05) is 0 Å². The number of nitro groups is 1. The molecule has 4 N–H and O–H groups in total. The van der Waals surface area contributed by atoms with Gasteiger partial charge in [-0.15, -0.1) is 0 Å². The van der Waals surface area contributed by atoms with Crippen molar-refractivity contribution >= 4 is 17.5 Å². The lowest BCUT2D eigenvalue weighted by Crippen LogP contribution is -2.51. The highest BCUT2D eigenvalue weighted by Gasteiger charge is 2.37. The summed E-state index contributed by atoms with van der Waals surface area (Å²) in [4.78, 5) is 18.1. The van der Waals surface area contributed by atoms with E-state index in [-0.39, 0.29) is 23.1 Å². The van der Waals surface area contributed by atoms with Crippen LogP contribution < -0.4 is 11.1 Å². The normalized spacial score (nSPS) is 12.3. The number of aryl methyl sites for hydroxylation is 1. The minimum atomic E-state index is -1.12. The molecule has 0 aliphatic rings. The first kappa shape index (κ1) is 15.1. The van der Waals surface area contributed by atoms with Gasteiger partial charge in [0.1, 0.15) is 5.69 Å². The first-order valence-electron chi connectivity index (χ1n) is 5.75. The van der Waals surface area contributed by atoms with E-state index in [2.05, 4.69) is 15.3 Å². The molecular formula is C11H19N5O3. The molecule has 0 saturated carbocycles. The number of aromatic nitrogens is 2. The highest BCUT2D eigenvalue weighted by Crippen LogP contribution is 2.31. The zero-order valence-electron chi connectivity index (χ0n) is 11.7. The van der Waals surface area contributed by atoms with E-state index in [4.69, 9.17) is 5.73 Å². The van der Waals surface area contributed by atoms with Gasteiger partial charge in [0.05, 0.1) is 16.1 Å². The van der Waals surface area contributed by atoms with Gasteiger partial charge in [-0.05, 0) is 34.6 Å². The Balaban J connectivity index is 3.32. The lowest BCUT2D eigenvalue weighted by atomic mass is 9.86.